The van der Waals surface area contributed by atoms with E-state index in [0.717, 1.165) is 35.1 Å². The van der Waals surface area contributed by atoms with Crippen molar-refractivity contribution in [3.63, 3.8) is 0 Å². The van der Waals surface area contributed by atoms with E-state index in [-0.39, 0.29) is 4.90 Å². The molecule has 0 unspecified atom stereocenters. The van der Waals surface area contributed by atoms with Crippen LogP contribution in [0.2, 0.25) is 5.02 Å². The van der Waals surface area contributed by atoms with Crippen LogP contribution in [-0.2, 0) is 16.3 Å². The van der Waals surface area contributed by atoms with E-state index in [9.17, 15) is 18.3 Å². The highest BCUT2D eigenvalue weighted by atomic mass is 35.5. The number of nitrogens with zero attached hydrogens (tertiary/aromatic N) is 3. The van der Waals surface area contributed by atoms with E-state index in [0.29, 0.717) is 23.7 Å². The van der Waals surface area contributed by atoms with Crippen molar-refractivity contribution >= 4 is 21.4 Å². The van der Waals surface area contributed by atoms with Crippen molar-refractivity contribution in [2.75, 3.05) is 0 Å². The van der Waals surface area contributed by atoms with Crippen LogP contribution in [0.5, 0.6) is 5.88 Å². The molecule has 0 radical (unpaired) electrons. The molecule has 9 heteroatoms. The van der Waals surface area contributed by atoms with E-state index in [1.54, 1.807) is 42.7 Å². The van der Waals surface area contributed by atoms with Crippen molar-refractivity contribution in [1.29, 1.82) is 0 Å². The summed E-state index contributed by atoms with van der Waals surface area (Å²) in [5.74, 6) is -0.448. The summed E-state index contributed by atoms with van der Waals surface area (Å²) in [5, 5.41) is 11.3. The molecule has 0 saturated heterocycles. The standard InChI is InChI=1S/C29H30ClN3O4S/c1-4-6-10-26-32-28(34)27(29(35)33(26)25(5-2)21-8-7-9-22(30)17-21)38(36,37)23-13-11-20(12-14-23)24-15-16-31-18-19(24)3/h7-9,11-18,25,34H,4-6,10H2,1-3H3/t25-/m0/s1. The lowest BCUT2D eigenvalue weighted by molar-refractivity contribution is 0.406. The number of rotatable bonds is 9. The highest BCUT2D eigenvalue weighted by molar-refractivity contribution is 7.91. The average Bonchev–Trinajstić information content (AvgIpc) is 2.89. The number of halogens is 1. The molecule has 0 fully saturated rings. The van der Waals surface area contributed by atoms with Crippen LogP contribution in [0.1, 0.15) is 56.1 Å². The fraction of sp³-hybridized carbons (Fsp3) is 0.276. The summed E-state index contributed by atoms with van der Waals surface area (Å²) in [6, 6.07) is 14.7. The Labute approximate surface area is 227 Å². The second kappa shape index (κ2) is 11.5. The zero-order valence-corrected chi connectivity index (χ0v) is 23.1. The summed E-state index contributed by atoms with van der Waals surface area (Å²) in [6.07, 6.45) is 5.87. The Morgan fingerprint density at radius 1 is 1.08 bits per heavy atom. The fourth-order valence-corrected chi connectivity index (χ4v) is 6.17. The Bertz CT molecular complexity index is 1620. The summed E-state index contributed by atoms with van der Waals surface area (Å²) in [4.78, 5) is 21.4. The predicted octanol–water partition coefficient (Wildman–Crippen LogP) is 6.15. The van der Waals surface area contributed by atoms with E-state index in [2.05, 4.69) is 9.97 Å². The lowest BCUT2D eigenvalue weighted by atomic mass is 10.0. The van der Waals surface area contributed by atoms with Gasteiger partial charge in [0.15, 0.2) is 4.90 Å². The van der Waals surface area contributed by atoms with Crippen molar-refractivity contribution in [1.82, 2.24) is 14.5 Å². The minimum absolute atomic E-state index is 0.106. The molecule has 0 bridgehead atoms. The van der Waals surface area contributed by atoms with Gasteiger partial charge in [-0.05, 0) is 72.4 Å². The monoisotopic (exact) mass is 551 g/mol. The molecule has 0 amide bonds. The number of aromatic hydroxyl groups is 1. The summed E-state index contributed by atoms with van der Waals surface area (Å²) in [6.45, 7) is 5.83. The molecule has 2 aromatic heterocycles. The van der Waals surface area contributed by atoms with Crippen molar-refractivity contribution in [3.8, 4) is 17.0 Å². The third-order valence-electron chi connectivity index (χ3n) is 6.58. The van der Waals surface area contributed by atoms with Crippen molar-refractivity contribution in [2.45, 2.75) is 62.3 Å². The number of sulfone groups is 1. The molecule has 0 aliphatic rings. The van der Waals surface area contributed by atoms with Gasteiger partial charge in [-0.25, -0.2) is 8.42 Å². The molecule has 38 heavy (non-hydrogen) atoms. The summed E-state index contributed by atoms with van der Waals surface area (Å²) < 4.78 is 28.9. The molecular weight excluding hydrogens is 522 g/mol. The van der Waals surface area contributed by atoms with Gasteiger partial charge in [0.1, 0.15) is 5.82 Å². The third-order valence-corrected chi connectivity index (χ3v) is 8.60. The molecule has 4 rings (SSSR count). The average molecular weight is 552 g/mol. The number of pyridine rings is 1. The van der Waals surface area contributed by atoms with Gasteiger partial charge in [-0.15, -0.1) is 0 Å². The highest BCUT2D eigenvalue weighted by Gasteiger charge is 2.31. The van der Waals surface area contributed by atoms with Gasteiger partial charge in [0.25, 0.3) is 5.56 Å². The molecule has 0 saturated carbocycles. The van der Waals surface area contributed by atoms with Gasteiger partial charge in [-0.2, -0.15) is 4.98 Å². The van der Waals surface area contributed by atoms with Gasteiger partial charge in [-0.1, -0.05) is 56.1 Å². The van der Waals surface area contributed by atoms with Gasteiger partial charge in [0, 0.05) is 23.8 Å². The molecule has 0 aliphatic heterocycles. The maximum absolute atomic E-state index is 13.9. The zero-order chi connectivity index (χ0) is 27.4. The Kier molecular flexibility index (Phi) is 8.33. The van der Waals surface area contributed by atoms with Gasteiger partial charge < -0.3 is 5.11 Å². The Balaban J connectivity index is 1.87. The Hall–Kier alpha value is -3.49. The van der Waals surface area contributed by atoms with Gasteiger partial charge in [0.05, 0.1) is 10.9 Å². The van der Waals surface area contributed by atoms with Crippen molar-refractivity contribution < 1.29 is 13.5 Å². The first kappa shape index (κ1) is 27.5. The molecule has 0 aliphatic carbocycles. The molecular formula is C29H30ClN3O4S. The van der Waals surface area contributed by atoms with Gasteiger partial charge >= 0.3 is 0 Å². The molecule has 2 aromatic carbocycles. The smallest absolute Gasteiger partial charge is 0.277 e. The second-order valence-corrected chi connectivity index (χ2v) is 11.5. The maximum Gasteiger partial charge on any atom is 0.277 e. The third kappa shape index (κ3) is 5.37. The number of benzene rings is 2. The number of hydrogen-bond acceptors (Lipinski definition) is 6. The van der Waals surface area contributed by atoms with E-state index in [1.807, 2.05) is 32.9 Å². The highest BCUT2D eigenvalue weighted by Crippen LogP contribution is 2.31. The normalized spacial score (nSPS) is 12.4. The lowest BCUT2D eigenvalue weighted by Gasteiger charge is -2.23. The molecule has 198 valence electrons. The number of aryl methyl sites for hydroxylation is 2. The summed E-state index contributed by atoms with van der Waals surface area (Å²) in [5.41, 5.74) is 2.63. The lowest BCUT2D eigenvalue weighted by Crippen LogP contribution is -2.33. The molecule has 0 spiro atoms. The Morgan fingerprint density at radius 3 is 2.45 bits per heavy atom. The van der Waals surface area contributed by atoms with Crippen LogP contribution in [0.4, 0.5) is 0 Å². The van der Waals surface area contributed by atoms with E-state index in [4.69, 9.17) is 11.6 Å². The van der Waals surface area contributed by atoms with Crippen LogP contribution in [0, 0.1) is 6.92 Å². The molecule has 4 aromatic rings. The fourth-order valence-electron chi connectivity index (χ4n) is 4.63. The van der Waals surface area contributed by atoms with E-state index in [1.165, 1.54) is 16.7 Å². The van der Waals surface area contributed by atoms with Crippen LogP contribution in [-0.4, -0.2) is 28.1 Å². The van der Waals surface area contributed by atoms with Crippen molar-refractivity contribution in [3.05, 3.63) is 99.3 Å². The molecule has 1 atom stereocenters. The molecule has 2 heterocycles. The molecule has 1 N–H and O–H groups in total. The van der Waals surface area contributed by atoms with E-state index >= 15 is 0 Å². The summed E-state index contributed by atoms with van der Waals surface area (Å²) >= 11 is 6.23. The zero-order valence-electron chi connectivity index (χ0n) is 21.6. The minimum Gasteiger partial charge on any atom is -0.492 e. The van der Waals surface area contributed by atoms with Crippen LogP contribution >= 0.6 is 11.6 Å². The first-order valence-electron chi connectivity index (χ1n) is 12.5. The van der Waals surface area contributed by atoms with Crippen LogP contribution in [0.15, 0.2) is 81.6 Å². The topological polar surface area (TPSA) is 102 Å². The van der Waals surface area contributed by atoms with Gasteiger partial charge in [-0.3, -0.25) is 14.3 Å². The molecule has 7 nitrogen and oxygen atoms in total. The van der Waals surface area contributed by atoms with Gasteiger partial charge in [0.2, 0.25) is 15.7 Å². The SMILES string of the molecule is CCCCc1nc(O)c(S(=O)(=O)c2ccc(-c3ccncc3C)cc2)c(=O)n1[C@@H](CC)c1cccc(Cl)c1. The first-order valence-corrected chi connectivity index (χ1v) is 14.4. The quantitative estimate of drug-likeness (QED) is 0.268. The van der Waals surface area contributed by atoms with Crippen LogP contribution in [0.3, 0.4) is 0 Å². The summed E-state index contributed by atoms with van der Waals surface area (Å²) in [7, 11) is -4.39. The van der Waals surface area contributed by atoms with E-state index < -0.39 is 32.2 Å². The number of aromatic nitrogens is 3. The van der Waals surface area contributed by atoms with Crippen LogP contribution < -0.4 is 5.56 Å². The predicted molar refractivity (Wildman–Crippen MR) is 149 cm³/mol. The minimum atomic E-state index is -4.39. The Morgan fingerprint density at radius 2 is 1.82 bits per heavy atom. The first-order chi connectivity index (χ1) is 18.2. The second-order valence-electron chi connectivity index (χ2n) is 9.16. The number of hydrogen-bond donors (Lipinski definition) is 1. The maximum atomic E-state index is 13.9. The van der Waals surface area contributed by atoms with Crippen LogP contribution in [0.25, 0.3) is 11.1 Å². The largest absolute Gasteiger partial charge is 0.492 e. The number of unbranched alkanes of at least 4 members (excludes halogenated alkanes) is 1. The van der Waals surface area contributed by atoms with Crippen molar-refractivity contribution in [2.24, 2.45) is 0 Å².